The topological polar surface area (TPSA) is 88.1 Å². The number of allylic oxidation sites excluding steroid dienone is 1. The van der Waals surface area contributed by atoms with Crippen molar-refractivity contribution in [3.63, 3.8) is 0 Å². The number of rotatable bonds is 3. The summed E-state index contributed by atoms with van der Waals surface area (Å²) < 4.78 is 16.7. The number of ether oxygens (including phenoxy) is 3. The van der Waals surface area contributed by atoms with Gasteiger partial charge in [-0.15, -0.1) is 0 Å². The van der Waals surface area contributed by atoms with E-state index in [-0.39, 0.29) is 18.0 Å². The molecule has 1 aliphatic carbocycles. The summed E-state index contributed by atoms with van der Waals surface area (Å²) in [7, 11) is 5.01. The molecule has 1 saturated carbocycles. The average Bonchev–Trinajstić information content (AvgIpc) is 3.18. The fourth-order valence-electron chi connectivity index (χ4n) is 8.75. The second-order valence-corrected chi connectivity index (χ2v) is 10.3. The van der Waals surface area contributed by atoms with Crippen molar-refractivity contribution in [1.29, 1.82) is 0 Å². The monoisotopic (exact) mass is 454 g/mol. The van der Waals surface area contributed by atoms with Gasteiger partial charge in [-0.3, -0.25) is 9.59 Å². The Hall–Kier alpha value is -2.58. The van der Waals surface area contributed by atoms with Gasteiger partial charge in [0.1, 0.15) is 30.5 Å². The number of piperidine rings is 4. The lowest BCUT2D eigenvalue weighted by atomic mass is 9.58. The minimum Gasteiger partial charge on any atom is -0.632 e. The van der Waals surface area contributed by atoms with Crippen molar-refractivity contribution < 1.29 is 28.4 Å². The molecule has 8 nitrogen and oxygen atoms in total. The van der Waals surface area contributed by atoms with Crippen molar-refractivity contribution in [1.82, 2.24) is 0 Å². The Morgan fingerprint density at radius 2 is 2.06 bits per heavy atom. The van der Waals surface area contributed by atoms with Crippen molar-refractivity contribution in [2.75, 3.05) is 32.7 Å². The number of esters is 2. The number of carbonyl (C=O) groups excluding carboxylic acids is 2. The molecule has 1 unspecified atom stereocenters. The van der Waals surface area contributed by atoms with E-state index in [0.717, 1.165) is 16.8 Å². The summed E-state index contributed by atoms with van der Waals surface area (Å²) in [6.45, 7) is 3.68. The van der Waals surface area contributed by atoms with Gasteiger partial charge in [0.15, 0.2) is 5.41 Å². The maximum atomic E-state index is 14.8. The third-order valence-electron chi connectivity index (χ3n) is 9.59. The number of methoxy groups -OCH3 is 2. The lowest BCUT2D eigenvalue weighted by molar-refractivity contribution is -0.950. The molecule has 5 aliphatic heterocycles. The van der Waals surface area contributed by atoms with Gasteiger partial charge in [0, 0.05) is 38.4 Å². The van der Waals surface area contributed by atoms with E-state index in [1.165, 1.54) is 14.0 Å². The first-order valence-electron chi connectivity index (χ1n) is 11.6. The van der Waals surface area contributed by atoms with Gasteiger partial charge in [-0.05, 0) is 36.3 Å². The van der Waals surface area contributed by atoms with Crippen LogP contribution in [0.25, 0.3) is 0 Å². The maximum Gasteiger partial charge on any atom is 0.322 e. The zero-order valence-electron chi connectivity index (χ0n) is 19.7. The van der Waals surface area contributed by atoms with Crippen LogP contribution in [0.4, 0.5) is 5.69 Å². The summed E-state index contributed by atoms with van der Waals surface area (Å²) >= 11 is 0. The largest absolute Gasteiger partial charge is 0.632 e. The molecule has 6 aliphatic rings. The van der Waals surface area contributed by atoms with Gasteiger partial charge in [-0.25, -0.2) is 0 Å². The highest BCUT2D eigenvalue weighted by Gasteiger charge is 2.88. The van der Waals surface area contributed by atoms with Crippen LogP contribution >= 0.6 is 0 Å². The molecule has 8 heteroatoms. The first-order valence-corrected chi connectivity index (χ1v) is 11.6. The highest BCUT2D eigenvalue weighted by molar-refractivity contribution is 5.84. The van der Waals surface area contributed by atoms with E-state index in [1.54, 1.807) is 7.11 Å². The number of nitrogens with zero attached hydrogens (tertiary/aromatic N) is 2. The number of likely N-dealkylation sites (N-methyl/N-ethyl adjacent to an activating group) is 1. The van der Waals surface area contributed by atoms with E-state index in [2.05, 4.69) is 4.90 Å². The van der Waals surface area contributed by atoms with E-state index in [9.17, 15) is 14.8 Å². The Kier molecular flexibility index (Phi) is 4.01. The van der Waals surface area contributed by atoms with Crippen LogP contribution in [0.3, 0.4) is 0 Å². The Morgan fingerprint density at radius 3 is 2.70 bits per heavy atom. The Labute approximate surface area is 193 Å². The third kappa shape index (κ3) is 2.03. The number of anilines is 1. The molecular formula is C25H30N2O6. The normalized spacial score (nSPS) is 44.6. The number of hydroxylamine groups is 3. The van der Waals surface area contributed by atoms with Gasteiger partial charge in [0.25, 0.3) is 0 Å². The van der Waals surface area contributed by atoms with Crippen LogP contribution < -0.4 is 9.64 Å². The van der Waals surface area contributed by atoms with Gasteiger partial charge in [0.05, 0.1) is 25.7 Å². The second kappa shape index (κ2) is 6.30. The minimum absolute atomic E-state index is 0.185. The van der Waals surface area contributed by atoms with Gasteiger partial charge >= 0.3 is 11.9 Å². The van der Waals surface area contributed by atoms with Crippen molar-refractivity contribution in [2.24, 2.45) is 11.3 Å². The summed E-state index contributed by atoms with van der Waals surface area (Å²) in [6, 6.07) is 4.99. The molecule has 4 saturated heterocycles. The zero-order valence-corrected chi connectivity index (χ0v) is 19.7. The SMILES string of the molecule is C/C=C1/C[N+]2([O-])[C@H]3C[C@@H]1[C@]1(C(=O)OC)[C@@H](OC(C)=O)[C@]4(C[C@@H]12)c1cc(OC)ccc1N(C)[C@H]34. The average molecular weight is 455 g/mol. The summed E-state index contributed by atoms with van der Waals surface area (Å²) in [5.41, 5.74) is 1.08. The van der Waals surface area contributed by atoms with E-state index in [4.69, 9.17) is 14.2 Å². The molecule has 176 valence electrons. The molecule has 1 aromatic carbocycles. The molecule has 8 atom stereocenters. The molecule has 0 aromatic heterocycles. The molecule has 5 fully saturated rings. The predicted molar refractivity (Wildman–Crippen MR) is 119 cm³/mol. The van der Waals surface area contributed by atoms with Gasteiger partial charge in [-0.2, -0.15) is 0 Å². The molecule has 1 spiro atoms. The molecule has 5 bridgehead atoms. The van der Waals surface area contributed by atoms with E-state index < -0.39 is 39.6 Å². The van der Waals surface area contributed by atoms with E-state index in [0.29, 0.717) is 25.1 Å². The number of quaternary nitrogens is 1. The van der Waals surface area contributed by atoms with E-state index in [1.807, 2.05) is 38.2 Å². The van der Waals surface area contributed by atoms with Crippen LogP contribution in [0.5, 0.6) is 5.75 Å². The summed E-state index contributed by atoms with van der Waals surface area (Å²) in [4.78, 5) is 28.5. The molecule has 0 amide bonds. The Morgan fingerprint density at radius 1 is 1.30 bits per heavy atom. The molecule has 0 radical (unpaired) electrons. The van der Waals surface area contributed by atoms with Crippen LogP contribution in [0, 0.1) is 16.5 Å². The summed E-state index contributed by atoms with van der Waals surface area (Å²) in [6.07, 6.45) is 2.24. The number of fused-ring (bicyclic) bond motifs is 2. The van der Waals surface area contributed by atoms with Crippen LogP contribution in [0.1, 0.15) is 32.3 Å². The molecule has 33 heavy (non-hydrogen) atoms. The van der Waals surface area contributed by atoms with Crippen molar-refractivity contribution >= 4 is 17.6 Å². The van der Waals surface area contributed by atoms with Crippen LogP contribution in [0.2, 0.25) is 0 Å². The second-order valence-electron chi connectivity index (χ2n) is 10.3. The van der Waals surface area contributed by atoms with Gasteiger partial charge in [0.2, 0.25) is 0 Å². The maximum absolute atomic E-state index is 14.8. The number of carbonyl (C=O) groups is 2. The minimum atomic E-state index is -1.21. The van der Waals surface area contributed by atoms with E-state index >= 15 is 0 Å². The summed E-state index contributed by atoms with van der Waals surface area (Å²) in [5, 5.41) is 14.8. The first kappa shape index (κ1) is 21.0. The molecule has 0 N–H and O–H groups in total. The predicted octanol–water partition coefficient (Wildman–Crippen LogP) is 2.29. The van der Waals surface area contributed by atoms with Crippen LogP contribution in [-0.4, -0.2) is 68.6 Å². The fourth-order valence-corrected chi connectivity index (χ4v) is 8.75. The number of hydrogen-bond acceptors (Lipinski definition) is 7. The van der Waals surface area contributed by atoms with Crippen LogP contribution in [-0.2, 0) is 24.5 Å². The first-order chi connectivity index (χ1) is 15.7. The quantitative estimate of drug-likeness (QED) is 0.300. The Balaban J connectivity index is 1.71. The summed E-state index contributed by atoms with van der Waals surface area (Å²) in [5.74, 6) is -0.362. The molecule has 5 heterocycles. The lowest BCUT2D eigenvalue weighted by Crippen LogP contribution is -2.79. The smallest absolute Gasteiger partial charge is 0.322 e. The molecule has 1 aromatic rings. The highest BCUT2D eigenvalue weighted by atomic mass is 16.6. The van der Waals surface area contributed by atoms with Gasteiger partial charge in [-0.1, -0.05) is 6.08 Å². The lowest BCUT2D eigenvalue weighted by Gasteiger charge is -2.69. The number of benzene rings is 1. The van der Waals surface area contributed by atoms with Crippen molar-refractivity contribution in [3.8, 4) is 5.75 Å². The molecule has 7 rings (SSSR count). The molecular weight excluding hydrogens is 424 g/mol. The van der Waals surface area contributed by atoms with Crippen LogP contribution in [0.15, 0.2) is 29.8 Å². The van der Waals surface area contributed by atoms with Crippen molar-refractivity contribution in [2.45, 2.75) is 56.3 Å². The standard InChI is InChI=1S/C25H30N2O6/c1-6-14-12-27(30)19-10-16(14)25(23(29)32-5)20(27)11-24(22(25)33-13(2)28)17-9-15(31-4)7-8-18(17)26(3)21(19)24/h6-9,16,19-22H,10-12H2,1-5H3/b14-6-/t16-,19-,20-,21+,22-,24+,25+,27?/m0/s1. The fraction of sp³-hybridized carbons (Fsp3) is 0.600. The third-order valence-corrected chi connectivity index (χ3v) is 9.59. The number of hydrogen-bond donors (Lipinski definition) is 0. The zero-order chi connectivity index (χ0) is 23.5. The highest BCUT2D eigenvalue weighted by Crippen LogP contribution is 2.75. The van der Waals surface area contributed by atoms with Gasteiger partial charge < -0.3 is 29.0 Å². The van der Waals surface area contributed by atoms with Crippen molar-refractivity contribution in [3.05, 3.63) is 40.6 Å². The Bertz CT molecular complexity index is 1120.